The smallest absolute Gasteiger partial charge is 0.256 e. The number of halogens is 3. The molecule has 2 fully saturated rings. The standard InChI is InChI=1S/C22H22Cl2FN3O2/c23-16-4-6-18(20(12-16)28-7-1-2-21(28)29)22(30)27-10-8-26(9-11-27)14-15-3-5-17(25)13-19(15)24/h3-6,12-13H,1-2,7-11,14H2. The number of carbonyl (C=O) groups is 2. The molecule has 0 bridgehead atoms. The molecule has 2 heterocycles. The third-order valence-electron chi connectivity index (χ3n) is 5.62. The molecule has 2 aromatic carbocycles. The zero-order valence-corrected chi connectivity index (χ0v) is 17.9. The van der Waals surface area contributed by atoms with E-state index in [0.29, 0.717) is 67.0 Å². The second kappa shape index (κ2) is 8.92. The molecule has 30 heavy (non-hydrogen) atoms. The Kier molecular flexibility index (Phi) is 6.27. The van der Waals surface area contributed by atoms with Crippen molar-refractivity contribution in [2.24, 2.45) is 0 Å². The first-order valence-electron chi connectivity index (χ1n) is 9.98. The summed E-state index contributed by atoms with van der Waals surface area (Å²) >= 11 is 12.3. The van der Waals surface area contributed by atoms with E-state index in [1.54, 1.807) is 34.1 Å². The van der Waals surface area contributed by atoms with Gasteiger partial charge in [0.1, 0.15) is 5.82 Å². The van der Waals surface area contributed by atoms with Gasteiger partial charge in [-0.1, -0.05) is 29.3 Å². The normalized spacial score (nSPS) is 17.6. The minimum Gasteiger partial charge on any atom is -0.336 e. The predicted molar refractivity (Wildman–Crippen MR) is 116 cm³/mol. The lowest BCUT2D eigenvalue weighted by atomic mass is 10.1. The number of hydrogen-bond donors (Lipinski definition) is 0. The fraction of sp³-hybridized carbons (Fsp3) is 0.364. The zero-order valence-electron chi connectivity index (χ0n) is 16.4. The zero-order chi connectivity index (χ0) is 21.3. The van der Waals surface area contributed by atoms with Crippen LogP contribution in [0.3, 0.4) is 0 Å². The fourth-order valence-electron chi connectivity index (χ4n) is 3.98. The molecule has 2 aromatic rings. The Balaban J connectivity index is 1.44. The summed E-state index contributed by atoms with van der Waals surface area (Å²) in [6.07, 6.45) is 1.27. The van der Waals surface area contributed by atoms with Crippen molar-refractivity contribution in [3.8, 4) is 0 Å². The maximum absolute atomic E-state index is 13.2. The third-order valence-corrected chi connectivity index (χ3v) is 6.21. The number of benzene rings is 2. The summed E-state index contributed by atoms with van der Waals surface area (Å²) in [5.74, 6) is -0.428. The van der Waals surface area contributed by atoms with Gasteiger partial charge in [-0.15, -0.1) is 0 Å². The summed E-state index contributed by atoms with van der Waals surface area (Å²) in [5.41, 5.74) is 1.96. The average Bonchev–Trinajstić information content (AvgIpc) is 3.16. The number of rotatable bonds is 4. The molecule has 2 aliphatic rings. The quantitative estimate of drug-likeness (QED) is 0.701. The van der Waals surface area contributed by atoms with Crippen LogP contribution in [0.2, 0.25) is 10.0 Å². The molecule has 0 N–H and O–H groups in total. The molecule has 8 heteroatoms. The summed E-state index contributed by atoms with van der Waals surface area (Å²) in [5, 5.41) is 0.914. The highest BCUT2D eigenvalue weighted by Gasteiger charge is 2.29. The van der Waals surface area contributed by atoms with Gasteiger partial charge in [0.25, 0.3) is 5.91 Å². The summed E-state index contributed by atoms with van der Waals surface area (Å²) < 4.78 is 13.2. The molecule has 0 atom stereocenters. The predicted octanol–water partition coefficient (Wildman–Crippen LogP) is 4.22. The second-order valence-corrected chi connectivity index (χ2v) is 8.46. The van der Waals surface area contributed by atoms with Gasteiger partial charge in [0.15, 0.2) is 0 Å². The lowest BCUT2D eigenvalue weighted by Crippen LogP contribution is -2.48. The molecule has 4 rings (SSSR count). The molecular weight excluding hydrogens is 428 g/mol. The Morgan fingerprint density at radius 2 is 1.77 bits per heavy atom. The first-order chi connectivity index (χ1) is 14.4. The largest absolute Gasteiger partial charge is 0.336 e. The summed E-state index contributed by atoms with van der Waals surface area (Å²) in [6.45, 7) is 3.71. The Labute approximate surface area is 185 Å². The number of carbonyl (C=O) groups excluding carboxylic acids is 2. The van der Waals surface area contributed by atoms with Crippen LogP contribution in [-0.4, -0.2) is 54.3 Å². The van der Waals surface area contributed by atoms with E-state index in [-0.39, 0.29) is 17.6 Å². The van der Waals surface area contributed by atoms with Crippen LogP contribution < -0.4 is 4.90 Å². The van der Waals surface area contributed by atoms with Gasteiger partial charge < -0.3 is 9.80 Å². The van der Waals surface area contributed by atoms with E-state index < -0.39 is 0 Å². The van der Waals surface area contributed by atoms with Crippen molar-refractivity contribution in [3.63, 3.8) is 0 Å². The van der Waals surface area contributed by atoms with Gasteiger partial charge in [-0.2, -0.15) is 0 Å². The highest BCUT2D eigenvalue weighted by atomic mass is 35.5. The van der Waals surface area contributed by atoms with E-state index in [2.05, 4.69) is 4.90 Å². The maximum atomic E-state index is 13.2. The van der Waals surface area contributed by atoms with Crippen LogP contribution in [0.5, 0.6) is 0 Å². The third kappa shape index (κ3) is 4.46. The van der Waals surface area contributed by atoms with Gasteiger partial charge in [0.2, 0.25) is 5.91 Å². The van der Waals surface area contributed by atoms with Gasteiger partial charge >= 0.3 is 0 Å². The van der Waals surface area contributed by atoms with E-state index in [9.17, 15) is 14.0 Å². The van der Waals surface area contributed by atoms with Crippen molar-refractivity contribution in [2.75, 3.05) is 37.6 Å². The highest BCUT2D eigenvalue weighted by Crippen LogP contribution is 2.30. The van der Waals surface area contributed by atoms with Crippen LogP contribution in [0.1, 0.15) is 28.8 Å². The van der Waals surface area contributed by atoms with E-state index in [0.717, 1.165) is 12.0 Å². The van der Waals surface area contributed by atoms with Crippen LogP contribution in [-0.2, 0) is 11.3 Å². The van der Waals surface area contributed by atoms with Crippen LogP contribution in [0.25, 0.3) is 0 Å². The molecule has 0 unspecified atom stereocenters. The molecule has 5 nitrogen and oxygen atoms in total. The van der Waals surface area contributed by atoms with E-state index in [1.807, 2.05) is 0 Å². The van der Waals surface area contributed by atoms with Crippen molar-refractivity contribution >= 4 is 40.7 Å². The Morgan fingerprint density at radius 3 is 2.43 bits per heavy atom. The van der Waals surface area contributed by atoms with Crippen molar-refractivity contribution < 1.29 is 14.0 Å². The molecular formula is C22H22Cl2FN3O2. The lowest BCUT2D eigenvalue weighted by molar-refractivity contribution is -0.117. The van der Waals surface area contributed by atoms with Gasteiger partial charge in [-0.05, 0) is 42.3 Å². The second-order valence-electron chi connectivity index (χ2n) is 7.61. The van der Waals surface area contributed by atoms with Crippen molar-refractivity contribution in [1.82, 2.24) is 9.80 Å². The van der Waals surface area contributed by atoms with Crippen LogP contribution >= 0.6 is 23.2 Å². The van der Waals surface area contributed by atoms with Gasteiger partial charge in [-0.25, -0.2) is 4.39 Å². The van der Waals surface area contributed by atoms with Crippen molar-refractivity contribution in [2.45, 2.75) is 19.4 Å². The van der Waals surface area contributed by atoms with Crippen LogP contribution in [0.4, 0.5) is 10.1 Å². The topological polar surface area (TPSA) is 43.9 Å². The number of nitrogens with zero attached hydrogens (tertiary/aromatic N) is 3. The minimum absolute atomic E-state index is 0.0207. The minimum atomic E-state index is -0.352. The number of anilines is 1. The molecule has 0 radical (unpaired) electrons. The van der Waals surface area contributed by atoms with Crippen LogP contribution in [0, 0.1) is 5.82 Å². The number of hydrogen-bond acceptors (Lipinski definition) is 3. The first kappa shape index (κ1) is 21.1. The molecule has 0 saturated carbocycles. The average molecular weight is 450 g/mol. The van der Waals surface area contributed by atoms with E-state index in [1.165, 1.54) is 12.1 Å². The number of piperazine rings is 1. The number of amides is 2. The fourth-order valence-corrected chi connectivity index (χ4v) is 4.38. The lowest BCUT2D eigenvalue weighted by Gasteiger charge is -2.35. The molecule has 0 spiro atoms. The summed E-state index contributed by atoms with van der Waals surface area (Å²) in [7, 11) is 0. The molecule has 0 aromatic heterocycles. The molecule has 0 aliphatic carbocycles. The summed E-state index contributed by atoms with van der Waals surface area (Å²) in [4.78, 5) is 31.1. The highest BCUT2D eigenvalue weighted by molar-refractivity contribution is 6.31. The van der Waals surface area contributed by atoms with E-state index in [4.69, 9.17) is 23.2 Å². The van der Waals surface area contributed by atoms with Gasteiger partial charge in [0.05, 0.1) is 11.3 Å². The van der Waals surface area contributed by atoms with Gasteiger partial charge in [0, 0.05) is 55.7 Å². The molecule has 2 saturated heterocycles. The Morgan fingerprint density at radius 1 is 1.00 bits per heavy atom. The SMILES string of the molecule is O=C(c1ccc(Cl)cc1N1CCCC1=O)N1CCN(Cc2ccc(F)cc2Cl)CC1. The first-order valence-corrected chi connectivity index (χ1v) is 10.7. The van der Waals surface area contributed by atoms with Crippen LogP contribution in [0.15, 0.2) is 36.4 Å². The Hall–Kier alpha value is -2.15. The molecule has 2 aliphatic heterocycles. The maximum Gasteiger partial charge on any atom is 0.256 e. The monoisotopic (exact) mass is 449 g/mol. The van der Waals surface area contributed by atoms with Crippen molar-refractivity contribution in [3.05, 3.63) is 63.4 Å². The molecule has 2 amide bonds. The Bertz CT molecular complexity index is 977. The van der Waals surface area contributed by atoms with Crippen molar-refractivity contribution in [1.29, 1.82) is 0 Å². The summed E-state index contributed by atoms with van der Waals surface area (Å²) in [6, 6.07) is 9.51. The molecule has 158 valence electrons. The van der Waals surface area contributed by atoms with E-state index >= 15 is 0 Å². The van der Waals surface area contributed by atoms with Gasteiger partial charge in [-0.3, -0.25) is 14.5 Å².